The van der Waals surface area contributed by atoms with Crippen molar-refractivity contribution >= 4 is 29.0 Å². The maximum atomic E-state index is 12.1. The van der Waals surface area contributed by atoms with Crippen LogP contribution in [0.15, 0.2) is 42.6 Å². The number of nitrogens with zero attached hydrogens (tertiary/aromatic N) is 1. The van der Waals surface area contributed by atoms with Gasteiger partial charge in [-0.15, -0.1) is 0 Å². The molecule has 0 fully saturated rings. The zero-order valence-electron chi connectivity index (χ0n) is 10.8. The van der Waals surface area contributed by atoms with Crippen LogP contribution in [0.4, 0.5) is 11.5 Å². The lowest BCUT2D eigenvalue weighted by Crippen LogP contribution is -2.17. The molecular formula is C15H14ClN3O. The fourth-order valence-corrected chi connectivity index (χ4v) is 2.52. The minimum absolute atomic E-state index is 0.0386. The Hall–Kier alpha value is -2.07. The molecule has 2 aromatic rings. The highest BCUT2D eigenvalue weighted by molar-refractivity contribution is 6.30. The number of nitrogens with one attached hydrogen (secondary N) is 2. The predicted molar refractivity (Wildman–Crippen MR) is 80.2 cm³/mol. The summed E-state index contributed by atoms with van der Waals surface area (Å²) in [5, 5.41) is 6.66. The largest absolute Gasteiger partial charge is 0.384 e. The average molecular weight is 288 g/mol. The quantitative estimate of drug-likeness (QED) is 0.911. The van der Waals surface area contributed by atoms with Crippen LogP contribution >= 0.6 is 11.6 Å². The molecule has 2 heterocycles. The van der Waals surface area contributed by atoms with Crippen LogP contribution in [-0.2, 0) is 4.79 Å². The number of hydrogen-bond acceptors (Lipinski definition) is 3. The summed E-state index contributed by atoms with van der Waals surface area (Å²) in [6.45, 7) is 0.792. The number of hydrogen-bond donors (Lipinski definition) is 2. The molecule has 0 bridgehead atoms. The Morgan fingerprint density at radius 3 is 3.00 bits per heavy atom. The number of fused-ring (bicyclic) bond motifs is 1. The lowest BCUT2D eigenvalue weighted by atomic mass is 9.97. The molecule has 1 atom stereocenters. The lowest BCUT2D eigenvalue weighted by molar-refractivity contribution is -0.116. The van der Waals surface area contributed by atoms with Crippen LogP contribution in [0.25, 0.3) is 0 Å². The third-order valence-electron chi connectivity index (χ3n) is 3.37. The van der Waals surface area contributed by atoms with Crippen molar-refractivity contribution in [1.82, 2.24) is 4.98 Å². The number of halogens is 1. The molecule has 20 heavy (non-hydrogen) atoms. The Morgan fingerprint density at radius 2 is 2.20 bits per heavy atom. The van der Waals surface area contributed by atoms with Gasteiger partial charge in [0.2, 0.25) is 5.91 Å². The minimum atomic E-state index is -0.0386. The Kier molecular flexibility index (Phi) is 3.56. The van der Waals surface area contributed by atoms with Gasteiger partial charge in [-0.3, -0.25) is 4.79 Å². The van der Waals surface area contributed by atoms with Crippen molar-refractivity contribution in [2.45, 2.75) is 12.3 Å². The first-order chi connectivity index (χ1) is 9.72. The van der Waals surface area contributed by atoms with Crippen LogP contribution < -0.4 is 10.6 Å². The van der Waals surface area contributed by atoms with E-state index in [4.69, 9.17) is 11.6 Å². The number of carbonyl (C=O) groups excluding carboxylic acids is 1. The summed E-state index contributed by atoms with van der Waals surface area (Å²) in [5.41, 5.74) is 2.32. The molecule has 1 aliphatic heterocycles. The highest BCUT2D eigenvalue weighted by atomic mass is 35.5. The van der Waals surface area contributed by atoms with E-state index in [0.29, 0.717) is 17.3 Å². The Balaban J connectivity index is 1.64. The molecule has 0 aliphatic carbocycles. The molecule has 1 aromatic carbocycles. The van der Waals surface area contributed by atoms with Crippen molar-refractivity contribution < 1.29 is 4.79 Å². The standard InChI is InChI=1S/C15H14ClN3O/c16-11-5-6-14(18-9-11)19-15(20)7-10-8-17-13-4-2-1-3-12(10)13/h1-6,9-10,17H,7-8H2,(H,18,19,20). The number of para-hydroxylation sites is 1. The smallest absolute Gasteiger partial charge is 0.226 e. The molecule has 4 nitrogen and oxygen atoms in total. The molecule has 102 valence electrons. The van der Waals surface area contributed by atoms with Crippen molar-refractivity contribution in [2.75, 3.05) is 17.2 Å². The normalized spacial score (nSPS) is 16.4. The highest BCUT2D eigenvalue weighted by Gasteiger charge is 2.23. The predicted octanol–water partition coefficient (Wildman–Crippen LogP) is 3.27. The zero-order chi connectivity index (χ0) is 13.9. The van der Waals surface area contributed by atoms with Gasteiger partial charge in [-0.1, -0.05) is 29.8 Å². The molecule has 5 heteroatoms. The van der Waals surface area contributed by atoms with E-state index in [0.717, 1.165) is 12.2 Å². The van der Waals surface area contributed by atoms with E-state index in [1.54, 1.807) is 12.1 Å². The van der Waals surface area contributed by atoms with E-state index < -0.39 is 0 Å². The number of rotatable bonds is 3. The first-order valence-corrected chi connectivity index (χ1v) is 6.84. The lowest BCUT2D eigenvalue weighted by Gasteiger charge is -2.10. The summed E-state index contributed by atoms with van der Waals surface area (Å²) < 4.78 is 0. The van der Waals surface area contributed by atoms with Crippen LogP contribution in [0.5, 0.6) is 0 Å². The van der Waals surface area contributed by atoms with E-state index in [9.17, 15) is 4.79 Å². The Labute approximate surface area is 122 Å². The molecular weight excluding hydrogens is 274 g/mol. The maximum absolute atomic E-state index is 12.1. The molecule has 0 saturated heterocycles. The van der Waals surface area contributed by atoms with E-state index in [1.165, 1.54) is 11.8 Å². The minimum Gasteiger partial charge on any atom is -0.384 e. The second-order valence-corrected chi connectivity index (χ2v) is 5.22. The monoisotopic (exact) mass is 287 g/mol. The molecule has 1 amide bonds. The van der Waals surface area contributed by atoms with Gasteiger partial charge >= 0.3 is 0 Å². The van der Waals surface area contributed by atoms with E-state index in [1.807, 2.05) is 18.2 Å². The van der Waals surface area contributed by atoms with E-state index in [-0.39, 0.29) is 11.8 Å². The summed E-state index contributed by atoms with van der Waals surface area (Å²) in [4.78, 5) is 16.1. The van der Waals surface area contributed by atoms with Crippen LogP contribution in [0.1, 0.15) is 17.9 Å². The van der Waals surface area contributed by atoms with Crippen LogP contribution in [-0.4, -0.2) is 17.4 Å². The molecule has 0 radical (unpaired) electrons. The molecule has 1 aromatic heterocycles. The van der Waals surface area contributed by atoms with Gasteiger partial charge in [0.1, 0.15) is 5.82 Å². The van der Waals surface area contributed by atoms with Crippen LogP contribution in [0.3, 0.4) is 0 Å². The number of amides is 1. The zero-order valence-corrected chi connectivity index (χ0v) is 11.5. The Morgan fingerprint density at radius 1 is 1.35 bits per heavy atom. The highest BCUT2D eigenvalue weighted by Crippen LogP contribution is 2.33. The third-order valence-corrected chi connectivity index (χ3v) is 3.59. The van der Waals surface area contributed by atoms with Gasteiger partial charge in [0, 0.05) is 30.8 Å². The number of anilines is 2. The number of benzene rings is 1. The van der Waals surface area contributed by atoms with Gasteiger partial charge in [0.05, 0.1) is 5.02 Å². The molecule has 3 rings (SSSR count). The SMILES string of the molecule is O=C(CC1CNc2ccccc21)Nc1ccc(Cl)cn1. The van der Waals surface area contributed by atoms with Gasteiger partial charge in [-0.25, -0.2) is 4.98 Å². The number of carbonyl (C=O) groups is 1. The van der Waals surface area contributed by atoms with Gasteiger partial charge in [-0.2, -0.15) is 0 Å². The van der Waals surface area contributed by atoms with Gasteiger partial charge in [-0.05, 0) is 23.8 Å². The third kappa shape index (κ3) is 2.75. The second kappa shape index (κ2) is 5.51. The van der Waals surface area contributed by atoms with E-state index >= 15 is 0 Å². The summed E-state index contributed by atoms with van der Waals surface area (Å²) >= 11 is 5.76. The Bertz CT molecular complexity index is 627. The number of aromatic nitrogens is 1. The summed E-state index contributed by atoms with van der Waals surface area (Å²) in [7, 11) is 0. The maximum Gasteiger partial charge on any atom is 0.226 e. The summed E-state index contributed by atoms with van der Waals surface area (Å²) in [5.74, 6) is 0.695. The summed E-state index contributed by atoms with van der Waals surface area (Å²) in [6.07, 6.45) is 1.96. The van der Waals surface area contributed by atoms with Gasteiger partial charge < -0.3 is 10.6 Å². The first kappa shape index (κ1) is 12.9. The van der Waals surface area contributed by atoms with E-state index in [2.05, 4.69) is 21.7 Å². The van der Waals surface area contributed by atoms with Crippen molar-refractivity contribution in [1.29, 1.82) is 0 Å². The van der Waals surface area contributed by atoms with Crippen molar-refractivity contribution in [3.8, 4) is 0 Å². The average Bonchev–Trinajstić information content (AvgIpc) is 2.85. The number of pyridine rings is 1. The topological polar surface area (TPSA) is 54.0 Å². The van der Waals surface area contributed by atoms with Crippen molar-refractivity contribution in [2.24, 2.45) is 0 Å². The molecule has 1 unspecified atom stereocenters. The van der Waals surface area contributed by atoms with Crippen LogP contribution in [0.2, 0.25) is 5.02 Å². The van der Waals surface area contributed by atoms with Crippen molar-refractivity contribution in [3.63, 3.8) is 0 Å². The van der Waals surface area contributed by atoms with Crippen molar-refractivity contribution in [3.05, 3.63) is 53.2 Å². The molecule has 2 N–H and O–H groups in total. The fourth-order valence-electron chi connectivity index (χ4n) is 2.41. The molecule has 1 aliphatic rings. The van der Waals surface area contributed by atoms with Gasteiger partial charge in [0.25, 0.3) is 0 Å². The van der Waals surface area contributed by atoms with Gasteiger partial charge in [0.15, 0.2) is 0 Å². The van der Waals surface area contributed by atoms with Crippen LogP contribution in [0, 0.1) is 0 Å². The summed E-state index contributed by atoms with van der Waals surface area (Å²) in [6, 6.07) is 11.5. The second-order valence-electron chi connectivity index (χ2n) is 4.78. The fraction of sp³-hybridized carbons (Fsp3) is 0.200. The molecule has 0 saturated carbocycles. The first-order valence-electron chi connectivity index (χ1n) is 6.46. The molecule has 0 spiro atoms.